The smallest absolute Gasteiger partial charge is 0.340 e. The van der Waals surface area contributed by atoms with Gasteiger partial charge >= 0.3 is 5.97 Å². The summed E-state index contributed by atoms with van der Waals surface area (Å²) in [6.45, 7) is 5.80. The average Bonchev–Trinajstić information content (AvgIpc) is 3.20. The van der Waals surface area contributed by atoms with Crippen molar-refractivity contribution < 1.29 is 14.3 Å². The highest BCUT2D eigenvalue weighted by atomic mass is 16.5. The van der Waals surface area contributed by atoms with E-state index in [1.807, 2.05) is 80.6 Å². The van der Waals surface area contributed by atoms with Crippen molar-refractivity contribution in [2.24, 2.45) is 0 Å². The molecule has 5 heteroatoms. The topological polar surface area (TPSA) is 51.5 Å². The van der Waals surface area contributed by atoms with Crippen LogP contribution in [0.25, 0.3) is 11.8 Å². The van der Waals surface area contributed by atoms with Crippen LogP contribution in [-0.2, 0) is 14.3 Å². The number of allylic oxidation sites excluding steroid dienone is 1. The number of carbonyl (C=O) groups is 2. The Balaban J connectivity index is 1.85. The summed E-state index contributed by atoms with van der Waals surface area (Å²) >= 11 is 0. The maximum absolute atomic E-state index is 13.4. The standard InChI is InChI=1S/C26H24N2O3/c1-17-15-20(18(2)27(17)21-11-7-5-8-12-21)16-23-24(26(30)31-4)19(3)28(25(23)29)22-13-9-6-10-14-22/h5-16H,1-4H3/b23-16-. The number of amides is 1. The van der Waals surface area contributed by atoms with Gasteiger partial charge in [0.05, 0.1) is 18.3 Å². The molecule has 0 unspecified atom stereocenters. The Morgan fingerprint density at radius 3 is 2.06 bits per heavy atom. The molecule has 4 rings (SSSR count). The fourth-order valence-corrected chi connectivity index (χ4v) is 4.13. The fourth-order valence-electron chi connectivity index (χ4n) is 4.13. The largest absolute Gasteiger partial charge is 0.465 e. The molecule has 0 saturated heterocycles. The van der Waals surface area contributed by atoms with E-state index in [1.54, 1.807) is 17.9 Å². The second kappa shape index (κ2) is 8.11. The van der Waals surface area contributed by atoms with E-state index in [4.69, 9.17) is 4.74 Å². The van der Waals surface area contributed by atoms with Crippen LogP contribution in [0.2, 0.25) is 0 Å². The fraction of sp³-hybridized carbons (Fsp3) is 0.154. The van der Waals surface area contributed by atoms with Crippen LogP contribution >= 0.6 is 0 Å². The van der Waals surface area contributed by atoms with E-state index in [0.29, 0.717) is 22.5 Å². The van der Waals surface area contributed by atoms with Crippen molar-refractivity contribution in [1.29, 1.82) is 0 Å². The Morgan fingerprint density at radius 2 is 1.48 bits per heavy atom. The van der Waals surface area contributed by atoms with E-state index in [-0.39, 0.29) is 5.91 Å². The number of nitrogens with zero attached hydrogens (tertiary/aromatic N) is 2. The van der Waals surface area contributed by atoms with Gasteiger partial charge in [0.15, 0.2) is 0 Å². The lowest BCUT2D eigenvalue weighted by atomic mass is 10.0. The van der Waals surface area contributed by atoms with Crippen LogP contribution in [-0.4, -0.2) is 23.6 Å². The summed E-state index contributed by atoms with van der Waals surface area (Å²) in [5, 5.41) is 0. The SMILES string of the molecule is COC(=O)C1=C(C)N(c2ccccc2)C(=O)/C1=C\c1cc(C)n(-c2ccccc2)c1C. The van der Waals surface area contributed by atoms with E-state index >= 15 is 0 Å². The van der Waals surface area contributed by atoms with Crippen LogP contribution in [0.1, 0.15) is 23.9 Å². The van der Waals surface area contributed by atoms with Gasteiger partial charge in [-0.15, -0.1) is 0 Å². The number of methoxy groups -OCH3 is 1. The Labute approximate surface area is 181 Å². The molecular weight excluding hydrogens is 388 g/mol. The lowest BCUT2D eigenvalue weighted by molar-refractivity contribution is -0.136. The van der Waals surface area contributed by atoms with Crippen molar-refractivity contribution in [3.8, 4) is 5.69 Å². The Morgan fingerprint density at radius 1 is 0.903 bits per heavy atom. The van der Waals surface area contributed by atoms with E-state index in [1.165, 1.54) is 7.11 Å². The molecule has 0 N–H and O–H groups in total. The molecule has 2 heterocycles. The molecule has 0 radical (unpaired) electrons. The van der Waals surface area contributed by atoms with Crippen molar-refractivity contribution in [2.45, 2.75) is 20.8 Å². The molecule has 1 aromatic heterocycles. The molecule has 0 saturated carbocycles. The molecule has 2 aromatic carbocycles. The van der Waals surface area contributed by atoms with E-state index in [0.717, 1.165) is 22.6 Å². The van der Waals surface area contributed by atoms with Gasteiger partial charge in [0.2, 0.25) is 0 Å². The second-order valence-corrected chi connectivity index (χ2v) is 7.48. The Hall–Kier alpha value is -3.86. The van der Waals surface area contributed by atoms with Gasteiger partial charge in [-0.1, -0.05) is 36.4 Å². The van der Waals surface area contributed by atoms with Crippen LogP contribution in [0.3, 0.4) is 0 Å². The maximum Gasteiger partial charge on any atom is 0.340 e. The first-order chi connectivity index (χ1) is 14.9. The summed E-state index contributed by atoms with van der Waals surface area (Å²) in [6.07, 6.45) is 1.79. The molecule has 31 heavy (non-hydrogen) atoms. The van der Waals surface area contributed by atoms with Gasteiger partial charge in [-0.3, -0.25) is 9.69 Å². The Kier molecular flexibility index (Phi) is 5.34. The monoisotopic (exact) mass is 412 g/mol. The molecule has 0 spiro atoms. The zero-order chi connectivity index (χ0) is 22.1. The predicted octanol–water partition coefficient (Wildman–Crippen LogP) is 4.97. The maximum atomic E-state index is 13.4. The summed E-state index contributed by atoms with van der Waals surface area (Å²) < 4.78 is 7.15. The number of anilines is 1. The number of esters is 1. The number of benzene rings is 2. The van der Waals surface area contributed by atoms with Gasteiger partial charge in [-0.25, -0.2) is 4.79 Å². The highest BCUT2D eigenvalue weighted by Gasteiger charge is 2.38. The van der Waals surface area contributed by atoms with Crippen LogP contribution in [0.5, 0.6) is 0 Å². The van der Waals surface area contributed by atoms with Gasteiger partial charge in [-0.05, 0) is 62.7 Å². The van der Waals surface area contributed by atoms with E-state index in [2.05, 4.69) is 4.57 Å². The van der Waals surface area contributed by atoms with Crippen molar-refractivity contribution in [3.63, 3.8) is 0 Å². The van der Waals surface area contributed by atoms with Gasteiger partial charge in [-0.2, -0.15) is 0 Å². The minimum atomic E-state index is -0.521. The van der Waals surface area contributed by atoms with Crippen molar-refractivity contribution in [1.82, 2.24) is 4.57 Å². The summed E-state index contributed by atoms with van der Waals surface area (Å²) in [6, 6.07) is 21.4. The summed E-state index contributed by atoms with van der Waals surface area (Å²) in [7, 11) is 1.33. The lowest BCUT2D eigenvalue weighted by Crippen LogP contribution is -2.24. The van der Waals surface area contributed by atoms with Gasteiger partial charge in [0.1, 0.15) is 0 Å². The zero-order valence-corrected chi connectivity index (χ0v) is 18.0. The predicted molar refractivity (Wildman–Crippen MR) is 122 cm³/mol. The van der Waals surface area contributed by atoms with Crippen molar-refractivity contribution in [2.75, 3.05) is 12.0 Å². The Bertz CT molecular complexity index is 1220. The number of ether oxygens (including phenoxy) is 1. The number of aromatic nitrogens is 1. The van der Waals surface area contributed by atoms with Crippen molar-refractivity contribution >= 4 is 23.6 Å². The molecule has 1 aliphatic heterocycles. The van der Waals surface area contributed by atoms with Crippen LogP contribution in [0, 0.1) is 13.8 Å². The number of hydrogen-bond donors (Lipinski definition) is 0. The third-order valence-electron chi connectivity index (χ3n) is 5.59. The highest BCUT2D eigenvalue weighted by Crippen LogP contribution is 2.36. The zero-order valence-electron chi connectivity index (χ0n) is 18.0. The molecule has 0 fully saturated rings. The third kappa shape index (κ3) is 3.48. The van der Waals surface area contributed by atoms with E-state index in [9.17, 15) is 9.59 Å². The van der Waals surface area contributed by atoms with Crippen LogP contribution in [0.15, 0.2) is 83.6 Å². The minimum Gasteiger partial charge on any atom is -0.465 e. The number of carbonyl (C=O) groups excluding carboxylic acids is 2. The molecular formula is C26H24N2O3. The van der Waals surface area contributed by atoms with Crippen molar-refractivity contribution in [3.05, 3.63) is 101 Å². The van der Waals surface area contributed by atoms with Crippen LogP contribution in [0.4, 0.5) is 5.69 Å². The average molecular weight is 412 g/mol. The first-order valence-electron chi connectivity index (χ1n) is 10.1. The molecule has 0 bridgehead atoms. The highest BCUT2D eigenvalue weighted by molar-refractivity contribution is 6.23. The third-order valence-corrected chi connectivity index (χ3v) is 5.59. The molecule has 3 aromatic rings. The summed E-state index contributed by atoms with van der Waals surface area (Å²) in [5.74, 6) is -0.763. The van der Waals surface area contributed by atoms with Gasteiger partial charge in [0.25, 0.3) is 5.91 Å². The first-order valence-corrected chi connectivity index (χ1v) is 10.1. The normalized spacial score (nSPS) is 15.2. The molecule has 5 nitrogen and oxygen atoms in total. The quantitative estimate of drug-likeness (QED) is 0.449. The molecule has 0 atom stereocenters. The second-order valence-electron chi connectivity index (χ2n) is 7.48. The lowest BCUT2D eigenvalue weighted by Gasteiger charge is -2.17. The van der Waals surface area contributed by atoms with E-state index < -0.39 is 5.97 Å². The van der Waals surface area contributed by atoms with Crippen LogP contribution < -0.4 is 4.90 Å². The number of hydrogen-bond acceptors (Lipinski definition) is 3. The first kappa shape index (κ1) is 20.4. The number of rotatable bonds is 4. The minimum absolute atomic E-state index is 0.242. The number of aryl methyl sites for hydroxylation is 1. The number of para-hydroxylation sites is 2. The summed E-state index contributed by atoms with van der Waals surface area (Å²) in [4.78, 5) is 27.6. The molecule has 0 aliphatic carbocycles. The molecule has 1 aliphatic rings. The summed E-state index contributed by atoms with van der Waals surface area (Å²) in [5.41, 5.74) is 5.86. The van der Waals surface area contributed by atoms with Gasteiger partial charge < -0.3 is 9.30 Å². The molecule has 156 valence electrons. The molecule has 1 amide bonds. The van der Waals surface area contributed by atoms with Gasteiger partial charge in [0, 0.05) is 28.5 Å².